The first kappa shape index (κ1) is 17.2. The molecule has 2 saturated heterocycles. The molecule has 0 radical (unpaired) electrons. The van der Waals surface area contributed by atoms with Gasteiger partial charge in [-0.2, -0.15) is 0 Å². The van der Waals surface area contributed by atoms with Gasteiger partial charge in [0.25, 0.3) is 0 Å². The summed E-state index contributed by atoms with van der Waals surface area (Å²) in [7, 11) is 0. The minimum atomic E-state index is -0.217. The van der Waals surface area contributed by atoms with Crippen LogP contribution >= 0.6 is 0 Å². The summed E-state index contributed by atoms with van der Waals surface area (Å²) in [5, 5.41) is 2.88. The summed E-state index contributed by atoms with van der Waals surface area (Å²) in [5.41, 5.74) is 5.66. The summed E-state index contributed by atoms with van der Waals surface area (Å²) in [6.07, 6.45) is 1.08. The lowest BCUT2D eigenvalue weighted by molar-refractivity contribution is -0.129. The topological polar surface area (TPSA) is 87.9 Å². The summed E-state index contributed by atoms with van der Waals surface area (Å²) in [6.45, 7) is 7.95. The molecule has 0 aromatic heterocycles. The fraction of sp³-hybridized carbons (Fsp3) is 0.867. The number of carbonyl (C=O) groups excluding carboxylic acids is 2. The van der Waals surface area contributed by atoms with E-state index in [2.05, 4.69) is 10.2 Å². The number of hydrogen-bond donors (Lipinski definition) is 2. The summed E-state index contributed by atoms with van der Waals surface area (Å²) >= 11 is 0. The standard InChI is InChI=1S/C15H28N4O3/c1-12(16)2-3-17-15(21)13-10-14(20)19(11-13)5-4-18-6-8-22-9-7-18/h12-13H,2-11,16H2,1H3,(H,17,21). The highest BCUT2D eigenvalue weighted by Crippen LogP contribution is 2.17. The summed E-state index contributed by atoms with van der Waals surface area (Å²) in [4.78, 5) is 28.2. The minimum absolute atomic E-state index is 0.0251. The van der Waals surface area contributed by atoms with Crippen LogP contribution in [0.4, 0.5) is 0 Å². The van der Waals surface area contributed by atoms with Crippen LogP contribution in [0.1, 0.15) is 19.8 Å². The average Bonchev–Trinajstić information content (AvgIpc) is 2.87. The number of nitrogens with one attached hydrogen (secondary N) is 1. The van der Waals surface area contributed by atoms with Gasteiger partial charge >= 0.3 is 0 Å². The molecular formula is C15H28N4O3. The molecule has 2 amide bonds. The van der Waals surface area contributed by atoms with E-state index in [-0.39, 0.29) is 23.8 Å². The number of rotatable bonds is 7. The molecule has 2 atom stereocenters. The maximum atomic E-state index is 12.1. The Morgan fingerprint density at radius 3 is 2.82 bits per heavy atom. The minimum Gasteiger partial charge on any atom is -0.379 e. The molecular weight excluding hydrogens is 284 g/mol. The number of nitrogens with zero attached hydrogens (tertiary/aromatic N) is 2. The van der Waals surface area contributed by atoms with Crippen molar-refractivity contribution >= 4 is 11.8 Å². The van der Waals surface area contributed by atoms with E-state index in [4.69, 9.17) is 10.5 Å². The predicted molar refractivity (Wildman–Crippen MR) is 83.2 cm³/mol. The number of amides is 2. The van der Waals surface area contributed by atoms with E-state index in [0.29, 0.717) is 26.1 Å². The maximum Gasteiger partial charge on any atom is 0.225 e. The van der Waals surface area contributed by atoms with Gasteiger partial charge in [-0.05, 0) is 13.3 Å². The zero-order valence-corrected chi connectivity index (χ0v) is 13.4. The Morgan fingerprint density at radius 2 is 2.14 bits per heavy atom. The van der Waals surface area contributed by atoms with Crippen molar-refractivity contribution in [2.24, 2.45) is 11.7 Å². The molecule has 0 aromatic rings. The molecule has 7 heteroatoms. The Balaban J connectivity index is 1.69. The summed E-state index contributed by atoms with van der Waals surface area (Å²) in [6, 6.07) is 0.0792. The van der Waals surface area contributed by atoms with Crippen molar-refractivity contribution in [3.8, 4) is 0 Å². The summed E-state index contributed by atoms with van der Waals surface area (Å²) < 4.78 is 5.31. The molecule has 2 heterocycles. The number of hydrogen-bond acceptors (Lipinski definition) is 5. The van der Waals surface area contributed by atoms with E-state index in [0.717, 1.165) is 39.3 Å². The maximum absolute atomic E-state index is 12.1. The Bertz CT molecular complexity index is 383. The molecule has 3 N–H and O–H groups in total. The van der Waals surface area contributed by atoms with Gasteiger partial charge in [-0.3, -0.25) is 14.5 Å². The van der Waals surface area contributed by atoms with Crippen LogP contribution in [0.2, 0.25) is 0 Å². The van der Waals surface area contributed by atoms with E-state index >= 15 is 0 Å². The molecule has 0 spiro atoms. The van der Waals surface area contributed by atoms with Gasteiger partial charge in [-0.25, -0.2) is 0 Å². The monoisotopic (exact) mass is 312 g/mol. The van der Waals surface area contributed by atoms with Crippen molar-refractivity contribution in [2.75, 3.05) is 52.5 Å². The van der Waals surface area contributed by atoms with Gasteiger partial charge in [0.05, 0.1) is 19.1 Å². The van der Waals surface area contributed by atoms with Crippen LogP contribution in [0.5, 0.6) is 0 Å². The van der Waals surface area contributed by atoms with Crippen LogP contribution in [0, 0.1) is 5.92 Å². The molecule has 2 rings (SSSR count). The van der Waals surface area contributed by atoms with Crippen molar-refractivity contribution < 1.29 is 14.3 Å². The number of nitrogens with two attached hydrogens (primary N) is 1. The van der Waals surface area contributed by atoms with E-state index in [9.17, 15) is 9.59 Å². The Labute approximate surface area is 132 Å². The second-order valence-electron chi connectivity index (χ2n) is 6.25. The van der Waals surface area contributed by atoms with Gasteiger partial charge in [0, 0.05) is 51.7 Å². The zero-order valence-electron chi connectivity index (χ0n) is 13.4. The lowest BCUT2D eigenvalue weighted by atomic mass is 10.1. The van der Waals surface area contributed by atoms with E-state index in [1.54, 1.807) is 0 Å². The van der Waals surface area contributed by atoms with Crippen LogP contribution in [0.3, 0.4) is 0 Å². The summed E-state index contributed by atoms with van der Waals surface area (Å²) in [5.74, 6) is -0.159. The molecule has 7 nitrogen and oxygen atoms in total. The van der Waals surface area contributed by atoms with E-state index in [1.165, 1.54) is 0 Å². The van der Waals surface area contributed by atoms with Crippen LogP contribution < -0.4 is 11.1 Å². The first-order chi connectivity index (χ1) is 10.6. The molecule has 126 valence electrons. The third kappa shape index (κ3) is 5.23. The highest BCUT2D eigenvalue weighted by molar-refractivity contribution is 5.89. The lowest BCUT2D eigenvalue weighted by Gasteiger charge is -2.28. The lowest BCUT2D eigenvalue weighted by Crippen LogP contribution is -2.42. The van der Waals surface area contributed by atoms with Gasteiger partial charge < -0.3 is 20.7 Å². The quantitative estimate of drug-likeness (QED) is 0.631. The van der Waals surface area contributed by atoms with Crippen molar-refractivity contribution in [3.05, 3.63) is 0 Å². The molecule has 0 aliphatic carbocycles. The fourth-order valence-electron chi connectivity index (χ4n) is 2.82. The molecule has 2 aliphatic rings. The van der Waals surface area contributed by atoms with Crippen molar-refractivity contribution in [1.82, 2.24) is 15.1 Å². The third-order valence-corrected chi connectivity index (χ3v) is 4.27. The molecule has 0 aromatic carbocycles. The second-order valence-corrected chi connectivity index (χ2v) is 6.25. The molecule has 22 heavy (non-hydrogen) atoms. The zero-order chi connectivity index (χ0) is 15.9. The molecule has 2 unspecified atom stereocenters. The largest absolute Gasteiger partial charge is 0.379 e. The number of ether oxygens (including phenoxy) is 1. The second kappa shape index (κ2) is 8.45. The number of likely N-dealkylation sites (tertiary alicyclic amines) is 1. The molecule has 0 bridgehead atoms. The van der Waals surface area contributed by atoms with Crippen molar-refractivity contribution in [3.63, 3.8) is 0 Å². The first-order valence-corrected chi connectivity index (χ1v) is 8.17. The predicted octanol–water partition coefficient (Wildman–Crippen LogP) is -0.979. The normalized spacial score (nSPS) is 24.5. The van der Waals surface area contributed by atoms with Crippen molar-refractivity contribution in [1.29, 1.82) is 0 Å². The van der Waals surface area contributed by atoms with Crippen LogP contribution in [0.15, 0.2) is 0 Å². The third-order valence-electron chi connectivity index (χ3n) is 4.27. The van der Waals surface area contributed by atoms with Gasteiger partial charge in [-0.15, -0.1) is 0 Å². The van der Waals surface area contributed by atoms with Gasteiger partial charge in [0.1, 0.15) is 0 Å². The first-order valence-electron chi connectivity index (χ1n) is 8.17. The van der Waals surface area contributed by atoms with Gasteiger partial charge in [-0.1, -0.05) is 0 Å². The van der Waals surface area contributed by atoms with Crippen LogP contribution in [-0.2, 0) is 14.3 Å². The van der Waals surface area contributed by atoms with Gasteiger partial charge in [0.15, 0.2) is 0 Å². The van der Waals surface area contributed by atoms with E-state index < -0.39 is 0 Å². The molecule has 2 aliphatic heterocycles. The Kier molecular flexibility index (Phi) is 6.60. The van der Waals surface area contributed by atoms with Crippen molar-refractivity contribution in [2.45, 2.75) is 25.8 Å². The highest BCUT2D eigenvalue weighted by Gasteiger charge is 2.34. The Hall–Kier alpha value is -1.18. The number of carbonyl (C=O) groups is 2. The van der Waals surface area contributed by atoms with Gasteiger partial charge in [0.2, 0.25) is 11.8 Å². The SMILES string of the molecule is CC(N)CCNC(=O)C1CC(=O)N(CCN2CCOCC2)C1. The van der Waals surface area contributed by atoms with E-state index in [1.807, 2.05) is 11.8 Å². The smallest absolute Gasteiger partial charge is 0.225 e. The van der Waals surface area contributed by atoms with Crippen LogP contribution in [0.25, 0.3) is 0 Å². The van der Waals surface area contributed by atoms with Crippen LogP contribution in [-0.4, -0.2) is 80.1 Å². The molecule has 2 fully saturated rings. The Morgan fingerprint density at radius 1 is 1.41 bits per heavy atom. The fourth-order valence-corrected chi connectivity index (χ4v) is 2.82. The molecule has 0 saturated carbocycles. The number of morpholine rings is 1. The highest BCUT2D eigenvalue weighted by atomic mass is 16.5. The average molecular weight is 312 g/mol.